The summed E-state index contributed by atoms with van der Waals surface area (Å²) in [5, 5.41) is 3.43. The quantitative estimate of drug-likeness (QED) is 0.710. The molecule has 0 bridgehead atoms. The molecule has 0 aliphatic carbocycles. The minimum absolute atomic E-state index is 0.0316. The highest BCUT2D eigenvalue weighted by Crippen LogP contribution is 2.20. The van der Waals surface area contributed by atoms with Crippen LogP contribution in [-0.2, 0) is 22.6 Å². The Labute approximate surface area is 170 Å². The molecule has 0 radical (unpaired) electrons. The third kappa shape index (κ3) is 6.06. The molecule has 0 fully saturated rings. The summed E-state index contributed by atoms with van der Waals surface area (Å²) in [6.07, 6.45) is 0.550. The normalized spacial score (nSPS) is 11.9. The molecule has 28 heavy (non-hydrogen) atoms. The summed E-state index contributed by atoms with van der Waals surface area (Å²) in [7, 11) is 0. The van der Waals surface area contributed by atoms with Gasteiger partial charge in [0.2, 0.25) is 11.8 Å². The van der Waals surface area contributed by atoms with E-state index in [4.69, 9.17) is 11.6 Å². The lowest BCUT2D eigenvalue weighted by Crippen LogP contribution is -2.50. The SMILES string of the molecule is CC[C@@H](C(=O)NC(C)C)N(Cc1ccccc1Cl)C(=O)Cc1ccc(F)cc1. The van der Waals surface area contributed by atoms with Gasteiger partial charge in [0.15, 0.2) is 0 Å². The maximum atomic E-state index is 13.2. The molecule has 4 nitrogen and oxygen atoms in total. The molecule has 0 aliphatic rings. The summed E-state index contributed by atoms with van der Waals surface area (Å²) < 4.78 is 13.2. The van der Waals surface area contributed by atoms with E-state index in [0.717, 1.165) is 5.56 Å². The van der Waals surface area contributed by atoms with E-state index in [1.54, 1.807) is 23.1 Å². The Morgan fingerprint density at radius 1 is 1.11 bits per heavy atom. The van der Waals surface area contributed by atoms with Gasteiger partial charge in [0.05, 0.1) is 6.42 Å². The van der Waals surface area contributed by atoms with Crippen LogP contribution >= 0.6 is 11.6 Å². The molecule has 0 aromatic heterocycles. The fourth-order valence-corrected chi connectivity index (χ4v) is 3.18. The van der Waals surface area contributed by atoms with Crippen molar-refractivity contribution < 1.29 is 14.0 Å². The minimum atomic E-state index is -0.619. The van der Waals surface area contributed by atoms with Gasteiger partial charge in [0.1, 0.15) is 11.9 Å². The first-order valence-electron chi connectivity index (χ1n) is 9.39. The Morgan fingerprint density at radius 2 is 1.75 bits per heavy atom. The second-order valence-corrected chi connectivity index (χ2v) is 7.41. The molecular formula is C22H26ClFN2O2. The zero-order valence-corrected chi connectivity index (χ0v) is 17.2. The maximum absolute atomic E-state index is 13.2. The summed E-state index contributed by atoms with van der Waals surface area (Å²) in [5.41, 5.74) is 1.46. The average Bonchev–Trinajstić information content (AvgIpc) is 2.64. The van der Waals surface area contributed by atoms with Crippen molar-refractivity contribution in [3.05, 3.63) is 70.5 Å². The molecule has 0 saturated heterocycles. The third-order valence-corrected chi connectivity index (χ3v) is 4.75. The van der Waals surface area contributed by atoms with Gasteiger partial charge in [-0.3, -0.25) is 9.59 Å². The first kappa shape index (κ1) is 21.9. The first-order valence-corrected chi connectivity index (χ1v) is 9.77. The van der Waals surface area contributed by atoms with Crippen LogP contribution in [0.15, 0.2) is 48.5 Å². The highest BCUT2D eigenvalue weighted by Gasteiger charge is 2.29. The number of benzene rings is 2. The van der Waals surface area contributed by atoms with Crippen LogP contribution in [-0.4, -0.2) is 28.8 Å². The van der Waals surface area contributed by atoms with E-state index in [1.165, 1.54) is 12.1 Å². The molecule has 1 N–H and O–H groups in total. The van der Waals surface area contributed by atoms with Crippen LogP contribution < -0.4 is 5.32 Å². The summed E-state index contributed by atoms with van der Waals surface area (Å²) in [6, 6.07) is 12.4. The average molecular weight is 405 g/mol. The Balaban J connectivity index is 2.30. The Kier molecular flexibility index (Phi) is 8.00. The lowest BCUT2D eigenvalue weighted by atomic mass is 10.1. The van der Waals surface area contributed by atoms with Gasteiger partial charge in [0.25, 0.3) is 0 Å². The van der Waals surface area contributed by atoms with Gasteiger partial charge in [-0.25, -0.2) is 4.39 Å². The van der Waals surface area contributed by atoms with Gasteiger partial charge < -0.3 is 10.2 Å². The van der Waals surface area contributed by atoms with Crippen molar-refractivity contribution in [1.82, 2.24) is 10.2 Å². The topological polar surface area (TPSA) is 49.4 Å². The Morgan fingerprint density at radius 3 is 2.32 bits per heavy atom. The number of nitrogens with one attached hydrogen (secondary N) is 1. The Hall–Kier alpha value is -2.40. The van der Waals surface area contributed by atoms with Crippen molar-refractivity contribution in [2.75, 3.05) is 0 Å². The molecule has 2 amide bonds. The fourth-order valence-electron chi connectivity index (χ4n) is 2.99. The molecule has 0 unspecified atom stereocenters. The maximum Gasteiger partial charge on any atom is 0.243 e. The third-order valence-electron chi connectivity index (χ3n) is 4.38. The number of hydrogen-bond donors (Lipinski definition) is 1. The summed E-state index contributed by atoms with van der Waals surface area (Å²) in [6.45, 7) is 5.85. The first-order chi connectivity index (χ1) is 13.3. The van der Waals surface area contributed by atoms with Crippen molar-refractivity contribution in [3.8, 4) is 0 Å². The zero-order valence-electron chi connectivity index (χ0n) is 16.4. The monoisotopic (exact) mass is 404 g/mol. The standard InChI is InChI=1S/C22H26ClFN2O2/c1-4-20(22(28)25-15(2)3)26(14-17-7-5-6-8-19(17)23)21(27)13-16-9-11-18(24)12-10-16/h5-12,15,20H,4,13-14H2,1-3H3,(H,25,28)/t20-/m0/s1. The molecule has 0 heterocycles. The number of rotatable bonds is 8. The number of carbonyl (C=O) groups is 2. The highest BCUT2D eigenvalue weighted by molar-refractivity contribution is 6.31. The van der Waals surface area contributed by atoms with E-state index in [1.807, 2.05) is 39.0 Å². The summed E-state index contributed by atoms with van der Waals surface area (Å²) >= 11 is 6.28. The highest BCUT2D eigenvalue weighted by atomic mass is 35.5. The lowest BCUT2D eigenvalue weighted by Gasteiger charge is -2.31. The van der Waals surface area contributed by atoms with E-state index in [-0.39, 0.29) is 36.6 Å². The zero-order chi connectivity index (χ0) is 20.7. The van der Waals surface area contributed by atoms with Crippen LogP contribution in [0.5, 0.6) is 0 Å². The molecule has 0 saturated carbocycles. The van der Waals surface area contributed by atoms with Gasteiger partial charge in [0, 0.05) is 17.6 Å². The number of nitrogens with zero attached hydrogens (tertiary/aromatic N) is 1. The van der Waals surface area contributed by atoms with Crippen LogP contribution in [0.2, 0.25) is 5.02 Å². The van der Waals surface area contributed by atoms with Crippen molar-refractivity contribution in [2.24, 2.45) is 0 Å². The van der Waals surface area contributed by atoms with Crippen molar-refractivity contribution in [1.29, 1.82) is 0 Å². The van der Waals surface area contributed by atoms with E-state index >= 15 is 0 Å². The summed E-state index contributed by atoms with van der Waals surface area (Å²) in [5.74, 6) is -0.763. The Bertz CT molecular complexity index is 808. The second kappa shape index (κ2) is 10.2. The van der Waals surface area contributed by atoms with E-state index in [9.17, 15) is 14.0 Å². The van der Waals surface area contributed by atoms with E-state index in [0.29, 0.717) is 17.0 Å². The molecule has 2 aromatic rings. The minimum Gasteiger partial charge on any atom is -0.352 e. The number of halogens is 2. The number of hydrogen-bond acceptors (Lipinski definition) is 2. The van der Waals surface area contributed by atoms with Crippen LogP contribution in [0.1, 0.15) is 38.3 Å². The van der Waals surface area contributed by atoms with Crippen LogP contribution in [0, 0.1) is 5.82 Å². The lowest BCUT2D eigenvalue weighted by molar-refractivity contribution is -0.141. The molecule has 1 atom stereocenters. The fraction of sp³-hybridized carbons (Fsp3) is 0.364. The summed E-state index contributed by atoms with van der Waals surface area (Å²) in [4.78, 5) is 27.4. The van der Waals surface area contributed by atoms with E-state index in [2.05, 4.69) is 5.32 Å². The predicted molar refractivity (Wildman–Crippen MR) is 109 cm³/mol. The van der Waals surface area contributed by atoms with Crippen LogP contribution in [0.3, 0.4) is 0 Å². The van der Waals surface area contributed by atoms with Crippen molar-refractivity contribution >= 4 is 23.4 Å². The molecule has 6 heteroatoms. The van der Waals surface area contributed by atoms with Crippen LogP contribution in [0.25, 0.3) is 0 Å². The largest absolute Gasteiger partial charge is 0.352 e. The van der Waals surface area contributed by atoms with Gasteiger partial charge >= 0.3 is 0 Å². The van der Waals surface area contributed by atoms with E-state index < -0.39 is 6.04 Å². The molecule has 150 valence electrons. The van der Waals surface area contributed by atoms with Gasteiger partial charge in [-0.15, -0.1) is 0 Å². The number of amides is 2. The van der Waals surface area contributed by atoms with Gasteiger partial charge in [-0.05, 0) is 49.6 Å². The van der Waals surface area contributed by atoms with Crippen molar-refractivity contribution in [3.63, 3.8) is 0 Å². The van der Waals surface area contributed by atoms with Gasteiger partial charge in [-0.2, -0.15) is 0 Å². The molecule has 2 aromatic carbocycles. The molecular weight excluding hydrogens is 379 g/mol. The second-order valence-electron chi connectivity index (χ2n) is 7.00. The number of carbonyl (C=O) groups excluding carboxylic acids is 2. The van der Waals surface area contributed by atoms with Gasteiger partial charge in [-0.1, -0.05) is 48.9 Å². The van der Waals surface area contributed by atoms with Crippen molar-refractivity contribution in [2.45, 2.75) is 52.2 Å². The molecule has 0 aliphatic heterocycles. The van der Waals surface area contributed by atoms with Crippen LogP contribution in [0.4, 0.5) is 4.39 Å². The smallest absolute Gasteiger partial charge is 0.243 e. The predicted octanol–water partition coefficient (Wildman–Crippen LogP) is 4.35. The molecule has 2 rings (SSSR count). The molecule has 0 spiro atoms.